The Bertz CT molecular complexity index is 872. The number of aliphatic hydroxyl groups excluding tert-OH is 2. The van der Waals surface area contributed by atoms with Gasteiger partial charge in [0.15, 0.2) is 16.3 Å². The summed E-state index contributed by atoms with van der Waals surface area (Å²) >= 11 is 0. The third-order valence-corrected chi connectivity index (χ3v) is 4.20. The molecular weight excluding hydrogens is 320 g/mol. The smallest absolute Gasteiger partial charge is 0.293 e. The molecule has 0 radical (unpaired) electrons. The number of aliphatic hydroxyl groups is 2. The lowest BCUT2D eigenvalue weighted by atomic mass is 9.94. The highest BCUT2D eigenvalue weighted by atomic mass is 16.6. The second kappa shape index (κ2) is 5.76. The van der Waals surface area contributed by atoms with Crippen LogP contribution in [0.1, 0.15) is 19.6 Å². The van der Waals surface area contributed by atoms with Gasteiger partial charge in [0.25, 0.3) is 11.3 Å². The molecule has 1 fully saturated rings. The second-order valence-corrected chi connectivity index (χ2v) is 5.50. The van der Waals surface area contributed by atoms with Crippen LogP contribution >= 0.6 is 0 Å². The van der Waals surface area contributed by atoms with E-state index in [1.54, 1.807) is 0 Å². The van der Waals surface area contributed by atoms with Crippen LogP contribution in [0.4, 0.5) is 5.95 Å². The van der Waals surface area contributed by atoms with Gasteiger partial charge in [-0.05, 0) is 6.42 Å². The number of nitrogens with two attached hydrogens (primary N) is 1. The highest BCUT2D eigenvalue weighted by molar-refractivity contribution is 5.70. The molecule has 1 saturated heterocycles. The summed E-state index contributed by atoms with van der Waals surface area (Å²) in [6, 6.07) is 0. The van der Waals surface area contributed by atoms with Gasteiger partial charge in [-0.2, -0.15) is 4.98 Å². The third kappa shape index (κ3) is 2.20. The monoisotopic (exact) mass is 337 g/mol. The number of hydrogen-bond acceptors (Lipinski definition) is 9. The fourth-order valence-corrected chi connectivity index (χ4v) is 3.00. The first-order chi connectivity index (χ1) is 11.5. The summed E-state index contributed by atoms with van der Waals surface area (Å²) < 4.78 is 7.19. The summed E-state index contributed by atoms with van der Waals surface area (Å²) in [5, 5.41) is 23.7. The summed E-state index contributed by atoms with van der Waals surface area (Å²) in [5.41, 5.74) is 10.5. The highest BCUT2D eigenvalue weighted by Gasteiger charge is 2.58. The van der Waals surface area contributed by atoms with Crippen LogP contribution in [0, 0.1) is 11.4 Å². The normalized spacial score (nSPS) is 29.7. The van der Waals surface area contributed by atoms with E-state index < -0.39 is 36.1 Å². The zero-order valence-electron chi connectivity index (χ0n) is 12.7. The second-order valence-electron chi connectivity index (χ2n) is 5.50. The number of anilines is 1. The fourth-order valence-electron chi connectivity index (χ4n) is 3.00. The van der Waals surface area contributed by atoms with E-state index in [9.17, 15) is 15.0 Å². The van der Waals surface area contributed by atoms with Gasteiger partial charge in [-0.1, -0.05) is 6.92 Å². The molecule has 2 aromatic heterocycles. The van der Waals surface area contributed by atoms with E-state index in [1.807, 2.05) is 6.92 Å². The van der Waals surface area contributed by atoms with E-state index in [1.165, 1.54) is 10.9 Å². The van der Waals surface area contributed by atoms with Crippen LogP contribution in [0.25, 0.3) is 11.2 Å². The molecule has 6 N–H and O–H groups in total. The molecule has 24 heavy (non-hydrogen) atoms. The number of aromatic amines is 1. The zero-order chi connectivity index (χ0) is 17.5. The van der Waals surface area contributed by atoms with Crippen LogP contribution in [0.5, 0.6) is 0 Å². The number of hydrogen-bond donors (Lipinski definition) is 5. The number of nitrogen functional groups attached to an aromatic ring is 1. The predicted molar refractivity (Wildman–Crippen MR) is 79.6 cm³/mol. The van der Waals surface area contributed by atoms with Crippen molar-refractivity contribution in [2.75, 3.05) is 12.3 Å². The van der Waals surface area contributed by atoms with Crippen LogP contribution in [0.15, 0.2) is 16.2 Å². The number of H-pyrrole nitrogens is 1. The highest BCUT2D eigenvalue weighted by Crippen LogP contribution is 2.44. The van der Waals surface area contributed by atoms with Crippen molar-refractivity contribution in [3.63, 3.8) is 0 Å². The first kappa shape index (κ1) is 16.2. The lowest BCUT2D eigenvalue weighted by Crippen LogP contribution is -2.43. The molecule has 0 saturated carbocycles. The Morgan fingerprint density at radius 1 is 1.67 bits per heavy atom. The van der Waals surface area contributed by atoms with E-state index >= 15 is 0 Å². The van der Waals surface area contributed by atoms with Crippen molar-refractivity contribution < 1.29 is 14.9 Å². The molecule has 0 aromatic carbocycles. The standard InChI is InChI=1S/C12H16N8O4/c1-2-5-7(22)12(3-21,18-19-14)24-10(5)20-4-15-6-8(20)16-11(13)17-9(6)23/h4-5,7,10,14,21-22H,2-3H2,1H3,(H2-,13,16,17,23)/p+1/t5-,7-,10+,12+/m0/s1. The maximum Gasteiger partial charge on any atom is 0.293 e. The van der Waals surface area contributed by atoms with Gasteiger partial charge in [0.1, 0.15) is 24.5 Å². The Morgan fingerprint density at radius 3 is 3.04 bits per heavy atom. The van der Waals surface area contributed by atoms with Crippen molar-refractivity contribution in [3.8, 4) is 0 Å². The summed E-state index contributed by atoms with van der Waals surface area (Å²) in [6.07, 6.45) is -0.207. The van der Waals surface area contributed by atoms with E-state index in [0.717, 1.165) is 0 Å². The van der Waals surface area contributed by atoms with Crippen molar-refractivity contribution in [2.24, 2.45) is 11.0 Å². The van der Waals surface area contributed by atoms with Crippen LogP contribution in [0.3, 0.4) is 0 Å². The molecule has 12 nitrogen and oxygen atoms in total. The number of ether oxygens (including phenoxy) is 1. The number of nitrogens with one attached hydrogen (secondary N) is 2. The lowest BCUT2D eigenvalue weighted by Gasteiger charge is -2.19. The number of aromatic nitrogens is 4. The van der Waals surface area contributed by atoms with Crippen LogP contribution in [0.2, 0.25) is 0 Å². The van der Waals surface area contributed by atoms with Gasteiger partial charge >= 0.3 is 0 Å². The summed E-state index contributed by atoms with van der Waals surface area (Å²) in [6.45, 7) is 1.16. The number of imidazole rings is 1. The van der Waals surface area contributed by atoms with Gasteiger partial charge in [-0.3, -0.25) is 14.3 Å². The molecule has 4 atom stereocenters. The Balaban J connectivity index is 2.15. The molecule has 3 heterocycles. The molecule has 3 rings (SSSR count). The maximum atomic E-state index is 11.9. The van der Waals surface area contributed by atoms with Crippen molar-refractivity contribution in [2.45, 2.75) is 31.4 Å². The predicted octanol–water partition coefficient (Wildman–Crippen LogP) is -1.14. The van der Waals surface area contributed by atoms with Gasteiger partial charge in [0.2, 0.25) is 10.9 Å². The Kier molecular flexibility index (Phi) is 3.89. The Morgan fingerprint density at radius 2 is 2.42 bits per heavy atom. The fraction of sp³-hybridized carbons (Fsp3) is 0.583. The average Bonchev–Trinajstić information content (AvgIpc) is 3.08. The molecule has 12 heteroatoms. The molecule has 0 unspecified atom stereocenters. The quantitative estimate of drug-likeness (QED) is 0.344. The van der Waals surface area contributed by atoms with Crippen LogP contribution < -0.4 is 16.2 Å². The molecule has 2 aromatic rings. The van der Waals surface area contributed by atoms with E-state index in [2.05, 4.69) is 25.0 Å². The van der Waals surface area contributed by atoms with Gasteiger partial charge in [-0.15, -0.1) is 0 Å². The van der Waals surface area contributed by atoms with Crippen molar-refractivity contribution >= 4 is 17.1 Å². The zero-order valence-corrected chi connectivity index (χ0v) is 12.7. The van der Waals surface area contributed by atoms with Crippen LogP contribution in [-0.4, -0.2) is 48.2 Å². The first-order valence-electron chi connectivity index (χ1n) is 7.25. The van der Waals surface area contributed by atoms with Gasteiger partial charge < -0.3 is 20.7 Å². The molecule has 0 aliphatic carbocycles. The number of rotatable bonds is 4. The van der Waals surface area contributed by atoms with E-state index in [0.29, 0.717) is 6.42 Å². The van der Waals surface area contributed by atoms with Crippen LogP contribution in [-0.2, 0) is 4.74 Å². The average molecular weight is 337 g/mol. The molecule has 1 aliphatic heterocycles. The summed E-state index contributed by atoms with van der Waals surface area (Å²) in [7, 11) is 0. The molecular formula is C12H17N8O4+. The van der Waals surface area contributed by atoms with Gasteiger partial charge in [0, 0.05) is 5.92 Å². The number of nitrogens with zero attached hydrogens (tertiary/aromatic N) is 5. The number of fused-ring (bicyclic) bond motifs is 1. The maximum absolute atomic E-state index is 11.9. The molecule has 0 spiro atoms. The van der Waals surface area contributed by atoms with Crippen molar-refractivity contribution in [3.05, 3.63) is 16.7 Å². The third-order valence-electron chi connectivity index (χ3n) is 4.20. The molecule has 1 aliphatic rings. The lowest BCUT2D eigenvalue weighted by molar-refractivity contribution is -0.126. The minimum Gasteiger partial charge on any atom is -0.391 e. The molecule has 0 amide bonds. The molecule has 0 bridgehead atoms. The summed E-state index contributed by atoms with van der Waals surface area (Å²) in [5.74, 6) is -0.581. The minimum absolute atomic E-state index is 0.0701. The van der Waals surface area contributed by atoms with E-state index in [-0.39, 0.29) is 17.1 Å². The van der Waals surface area contributed by atoms with E-state index in [4.69, 9.17) is 16.0 Å². The SMILES string of the molecule is CC[C@@H]1[C@H](n2cnc3c(=O)[nH]c(N)nc32)O[C@@](CO)(N=[N+]=N)[C@H]1O. The minimum atomic E-state index is -1.75. The Hall–Kier alpha value is -2.66. The van der Waals surface area contributed by atoms with Crippen molar-refractivity contribution in [1.29, 1.82) is 5.53 Å². The largest absolute Gasteiger partial charge is 0.391 e. The Labute approximate surface area is 134 Å². The van der Waals surface area contributed by atoms with Gasteiger partial charge in [-0.25, -0.2) is 4.98 Å². The summed E-state index contributed by atoms with van der Waals surface area (Å²) in [4.78, 5) is 25.2. The first-order valence-corrected chi connectivity index (χ1v) is 7.25. The van der Waals surface area contributed by atoms with Gasteiger partial charge in [0.05, 0.1) is 6.33 Å². The molecule has 128 valence electrons. The van der Waals surface area contributed by atoms with Crippen molar-refractivity contribution in [1.82, 2.24) is 24.4 Å². The topological polar surface area (TPSA) is 190 Å².